The van der Waals surface area contributed by atoms with Gasteiger partial charge in [0.2, 0.25) is 10.0 Å². The Labute approximate surface area is 111 Å². The minimum absolute atomic E-state index is 0.147. The van der Waals surface area contributed by atoms with Gasteiger partial charge in [-0.2, -0.15) is 4.31 Å². The Morgan fingerprint density at radius 1 is 1.17 bits per heavy atom. The molecule has 0 amide bonds. The van der Waals surface area contributed by atoms with Gasteiger partial charge >= 0.3 is 0 Å². The van der Waals surface area contributed by atoms with Crippen molar-refractivity contribution in [3.8, 4) is 0 Å². The van der Waals surface area contributed by atoms with Crippen molar-refractivity contribution in [1.82, 2.24) is 9.62 Å². The maximum atomic E-state index is 12.7. The Hall–Kier alpha value is -0.130. The van der Waals surface area contributed by atoms with Gasteiger partial charge in [0.1, 0.15) is 0 Å². The first-order valence-corrected chi connectivity index (χ1v) is 8.73. The molecule has 0 aromatic carbocycles. The molecule has 1 aliphatic carbocycles. The number of rotatable bonds is 6. The average molecular weight is 274 g/mol. The molecule has 0 atom stereocenters. The van der Waals surface area contributed by atoms with Gasteiger partial charge in [0.15, 0.2) is 0 Å². The lowest BCUT2D eigenvalue weighted by Crippen LogP contribution is -2.45. The Balaban J connectivity index is 2.03. The first kappa shape index (κ1) is 14.3. The standard InChI is InChI=1S/C13H26N2O2S/c1-11(2)7-10-15(12-3-4-12)18(16,17)13-5-8-14-9-6-13/h11-14H,3-10H2,1-2H3. The van der Waals surface area contributed by atoms with Gasteiger partial charge in [-0.05, 0) is 51.1 Å². The summed E-state index contributed by atoms with van der Waals surface area (Å²) in [6.07, 6.45) is 4.63. The molecule has 1 saturated heterocycles. The van der Waals surface area contributed by atoms with Crippen LogP contribution in [0.15, 0.2) is 0 Å². The Kier molecular flexibility index (Phi) is 4.67. The van der Waals surface area contributed by atoms with Crippen LogP contribution >= 0.6 is 0 Å². The van der Waals surface area contributed by atoms with Gasteiger partial charge < -0.3 is 5.32 Å². The summed E-state index contributed by atoms with van der Waals surface area (Å²) in [7, 11) is -3.06. The van der Waals surface area contributed by atoms with Crippen LogP contribution in [0.25, 0.3) is 0 Å². The largest absolute Gasteiger partial charge is 0.317 e. The van der Waals surface area contributed by atoms with Gasteiger partial charge in [0.25, 0.3) is 0 Å². The smallest absolute Gasteiger partial charge is 0.217 e. The third kappa shape index (κ3) is 3.45. The van der Waals surface area contributed by atoms with Crippen molar-refractivity contribution in [2.24, 2.45) is 5.92 Å². The number of piperidine rings is 1. The number of hydrogen-bond donors (Lipinski definition) is 1. The van der Waals surface area contributed by atoms with E-state index < -0.39 is 10.0 Å². The second kappa shape index (κ2) is 5.88. The van der Waals surface area contributed by atoms with Crippen molar-refractivity contribution >= 4 is 10.0 Å². The summed E-state index contributed by atoms with van der Waals surface area (Å²) in [6.45, 7) is 6.71. The normalized spacial score (nSPS) is 22.9. The van der Waals surface area contributed by atoms with Crippen LogP contribution < -0.4 is 5.32 Å². The van der Waals surface area contributed by atoms with Crippen molar-refractivity contribution in [3.63, 3.8) is 0 Å². The van der Waals surface area contributed by atoms with E-state index in [-0.39, 0.29) is 5.25 Å². The predicted octanol–water partition coefficient (Wildman–Crippen LogP) is 1.58. The van der Waals surface area contributed by atoms with E-state index in [1.807, 2.05) is 4.31 Å². The molecule has 106 valence electrons. The van der Waals surface area contributed by atoms with Crippen LogP contribution in [-0.4, -0.2) is 43.6 Å². The first-order valence-electron chi connectivity index (χ1n) is 7.23. The maximum Gasteiger partial charge on any atom is 0.217 e. The SMILES string of the molecule is CC(C)CCN(C1CC1)S(=O)(=O)C1CCNCC1. The molecule has 5 heteroatoms. The second-order valence-corrected chi connectivity index (χ2v) is 8.18. The molecule has 2 rings (SSSR count). The fraction of sp³-hybridized carbons (Fsp3) is 1.00. The van der Waals surface area contributed by atoms with E-state index in [0.717, 1.165) is 45.2 Å². The summed E-state index contributed by atoms with van der Waals surface area (Å²) in [5.41, 5.74) is 0. The fourth-order valence-corrected chi connectivity index (χ4v) is 4.75. The van der Waals surface area contributed by atoms with Gasteiger partial charge in [-0.25, -0.2) is 8.42 Å². The van der Waals surface area contributed by atoms with Gasteiger partial charge in [-0.15, -0.1) is 0 Å². The number of sulfonamides is 1. The Morgan fingerprint density at radius 3 is 2.28 bits per heavy atom. The van der Waals surface area contributed by atoms with E-state index in [1.54, 1.807) is 0 Å². The monoisotopic (exact) mass is 274 g/mol. The summed E-state index contributed by atoms with van der Waals surface area (Å²) in [5, 5.41) is 3.09. The lowest BCUT2D eigenvalue weighted by molar-refractivity contribution is 0.359. The van der Waals surface area contributed by atoms with Crippen LogP contribution in [0.1, 0.15) is 46.0 Å². The Morgan fingerprint density at radius 2 is 1.78 bits per heavy atom. The number of hydrogen-bond acceptors (Lipinski definition) is 3. The Bertz CT molecular complexity index is 357. The van der Waals surface area contributed by atoms with Gasteiger partial charge in [-0.1, -0.05) is 13.8 Å². The molecule has 0 aromatic heterocycles. The average Bonchev–Trinajstić information content (AvgIpc) is 3.14. The highest BCUT2D eigenvalue weighted by molar-refractivity contribution is 7.89. The third-order valence-corrected chi connectivity index (χ3v) is 6.36. The molecule has 2 fully saturated rings. The maximum absolute atomic E-state index is 12.7. The summed E-state index contributed by atoms with van der Waals surface area (Å²) in [5.74, 6) is 0.564. The zero-order chi connectivity index (χ0) is 13.2. The van der Waals surface area contributed by atoms with E-state index in [4.69, 9.17) is 0 Å². The van der Waals surface area contributed by atoms with Crippen LogP contribution in [-0.2, 0) is 10.0 Å². The van der Waals surface area contributed by atoms with Crippen LogP contribution in [0, 0.1) is 5.92 Å². The molecule has 1 aliphatic heterocycles. The van der Waals surface area contributed by atoms with E-state index in [2.05, 4.69) is 19.2 Å². The highest BCUT2D eigenvalue weighted by Gasteiger charge is 2.41. The summed E-state index contributed by atoms with van der Waals surface area (Å²) in [4.78, 5) is 0. The van der Waals surface area contributed by atoms with E-state index >= 15 is 0 Å². The van der Waals surface area contributed by atoms with Crippen molar-refractivity contribution in [3.05, 3.63) is 0 Å². The van der Waals surface area contributed by atoms with Crippen molar-refractivity contribution in [2.75, 3.05) is 19.6 Å². The molecule has 1 N–H and O–H groups in total. The second-order valence-electron chi connectivity index (χ2n) is 6.02. The zero-order valence-corrected chi connectivity index (χ0v) is 12.4. The molecule has 0 aromatic rings. The molecular formula is C13H26N2O2S. The van der Waals surface area contributed by atoms with Crippen LogP contribution in [0.2, 0.25) is 0 Å². The van der Waals surface area contributed by atoms with Crippen LogP contribution in [0.3, 0.4) is 0 Å². The molecule has 2 aliphatic rings. The minimum Gasteiger partial charge on any atom is -0.317 e. The zero-order valence-electron chi connectivity index (χ0n) is 11.6. The molecule has 0 unspecified atom stereocenters. The highest BCUT2D eigenvalue weighted by Crippen LogP contribution is 2.32. The van der Waals surface area contributed by atoms with Crippen LogP contribution in [0.5, 0.6) is 0 Å². The molecule has 18 heavy (non-hydrogen) atoms. The molecule has 1 saturated carbocycles. The molecular weight excluding hydrogens is 248 g/mol. The van der Waals surface area contributed by atoms with E-state index in [9.17, 15) is 8.42 Å². The molecule has 1 heterocycles. The first-order chi connectivity index (χ1) is 8.51. The molecule has 0 radical (unpaired) electrons. The van der Waals surface area contributed by atoms with Gasteiger partial charge in [0.05, 0.1) is 5.25 Å². The minimum atomic E-state index is -3.06. The van der Waals surface area contributed by atoms with Crippen molar-refractivity contribution in [1.29, 1.82) is 0 Å². The topological polar surface area (TPSA) is 49.4 Å². The predicted molar refractivity (Wildman–Crippen MR) is 74.0 cm³/mol. The van der Waals surface area contributed by atoms with Gasteiger partial charge in [0, 0.05) is 12.6 Å². The van der Waals surface area contributed by atoms with E-state index in [1.165, 1.54) is 0 Å². The van der Waals surface area contributed by atoms with Crippen molar-refractivity contribution < 1.29 is 8.42 Å². The molecule has 0 bridgehead atoms. The number of nitrogens with one attached hydrogen (secondary N) is 1. The fourth-order valence-electron chi connectivity index (χ4n) is 2.55. The summed E-state index contributed by atoms with van der Waals surface area (Å²) < 4.78 is 27.2. The van der Waals surface area contributed by atoms with Crippen LogP contribution in [0.4, 0.5) is 0 Å². The van der Waals surface area contributed by atoms with E-state index in [0.29, 0.717) is 18.5 Å². The van der Waals surface area contributed by atoms with Crippen molar-refractivity contribution in [2.45, 2.75) is 57.2 Å². The number of nitrogens with zero attached hydrogens (tertiary/aromatic N) is 1. The highest BCUT2D eigenvalue weighted by atomic mass is 32.2. The lowest BCUT2D eigenvalue weighted by atomic mass is 10.1. The summed E-state index contributed by atoms with van der Waals surface area (Å²) >= 11 is 0. The quantitative estimate of drug-likeness (QED) is 0.800. The molecule has 0 spiro atoms. The third-order valence-electron chi connectivity index (χ3n) is 3.92. The molecule has 4 nitrogen and oxygen atoms in total. The van der Waals surface area contributed by atoms with Gasteiger partial charge in [-0.3, -0.25) is 0 Å². The lowest BCUT2D eigenvalue weighted by Gasteiger charge is -2.30. The summed E-state index contributed by atoms with van der Waals surface area (Å²) in [6, 6.07) is 0.309.